The molecular formula is C115H159N15O11. The van der Waals surface area contributed by atoms with Gasteiger partial charge in [-0.05, 0) is 274 Å². The Balaban J connectivity index is 0.000000127. The van der Waals surface area contributed by atoms with Gasteiger partial charge in [-0.15, -0.1) is 0 Å². The SMILES string of the molecule is CC(=O)C1CC2CCCCC2C1NC(=O)CN1CCN(Cc2ccccc2)CC1.CC(=O)c1cc2cc[nH]cc-2c1NC(=O)CN1CCC(C(C)(C)C)CC1.CC(C(=O)NC1C(C(=O)C2CC2)CC2CCCCC21)N1CCC(C2CCCC2)CC1.CCOC(=O)c1cc2[nH]cccc-2c1NC(=O)CN1CCCC(C)(C)C1.O=C(CN1CCN(c2ccccc2)CC1)Nc1c(C(=O)C2CC2)cc2cc[nH]cc1-2. The average molecular weight is 1930 g/mol. The van der Waals surface area contributed by atoms with Gasteiger partial charge in [0.05, 0.1) is 61.5 Å². The van der Waals surface area contributed by atoms with Crippen LogP contribution in [0.3, 0.4) is 0 Å². The van der Waals surface area contributed by atoms with Crippen LogP contribution < -0.4 is 31.5 Å². The quantitative estimate of drug-likeness (QED) is 0.0175. The van der Waals surface area contributed by atoms with Gasteiger partial charge in [0.1, 0.15) is 11.6 Å². The first-order valence-corrected chi connectivity index (χ1v) is 53.8. The number of ketones is 4. The number of ether oxygens (including phenoxy) is 1. The van der Waals surface area contributed by atoms with Crippen LogP contribution in [0.4, 0.5) is 22.7 Å². The Morgan fingerprint density at radius 1 is 0.468 bits per heavy atom. The minimum atomic E-state index is -0.425. The molecule has 9 atom stereocenters. The second kappa shape index (κ2) is 48.0. The third-order valence-corrected chi connectivity index (χ3v) is 33.4. The smallest absolute Gasteiger partial charge is 0.340 e. The zero-order valence-corrected chi connectivity index (χ0v) is 85.5. The zero-order valence-electron chi connectivity index (χ0n) is 85.5. The standard InChI is InChI=1S/C26H42N2O2.C24H26N4O2.C24H35N3O2.C21H29N3O2.C20H27N3O3/c1-17(28-14-12-19(13-15-28)18-6-2-3-7-18)26(30)27-24-22-9-5-4-8-21(22)16-23(24)25(29)20-10-11-20;29-22(16-27-10-12-28(13-11-27)19-4-2-1-3-5-19)26-23-20(24(30)17-6-7-17)14-18-8-9-25-15-21(18)23;1-18(28)22-15-20-9-5-6-10-21(20)24(22)25-23(29)17-27-13-11-26(12-14-27)16-19-7-3-2-4-8-19;1-14(25)17-11-15-5-8-22-12-18(15)20(17)23-19(26)13-24-9-6-16(7-10-24)21(2,3)4;1-4-26-19(25)15-11-16-14(7-5-9-21-16)18(15)22-17(24)12-23-10-6-8-20(2,3)13-23/h17-24H,2-16H2,1H3,(H,27,30);1-5,8-9,14-15,17,25H,6-7,10-13,16H2,(H,26,29);2-4,7-8,20-22,24H,5-6,9-17H2,1H3,(H,25,29);5,8,11-12,16,22H,6-7,9-10,13H2,1-4H3,(H,23,26);5,7,9,11,21H,4,6,8,10,12-13H2,1-3H3,(H,22,24). The van der Waals surface area contributed by atoms with Gasteiger partial charge in [0, 0.05) is 171 Å². The predicted octanol–water partition coefficient (Wildman–Crippen LogP) is 18.1. The second-order valence-electron chi connectivity index (χ2n) is 45.0. The molecule has 760 valence electrons. The maximum atomic E-state index is 13.3. The first-order valence-electron chi connectivity index (χ1n) is 53.8. The summed E-state index contributed by atoms with van der Waals surface area (Å²) in [6.45, 7) is 34.4. The number of carbonyl (C=O) groups is 10. The number of anilines is 4. The van der Waals surface area contributed by atoms with Crippen molar-refractivity contribution < 1.29 is 52.7 Å². The number of pyridine rings is 3. The molecular weight excluding hydrogens is 1770 g/mol. The van der Waals surface area contributed by atoms with Gasteiger partial charge in [0.2, 0.25) is 29.5 Å². The van der Waals surface area contributed by atoms with E-state index in [1.54, 1.807) is 26.1 Å². The number of hydrogen-bond acceptors (Lipinski definition) is 18. The van der Waals surface area contributed by atoms with Gasteiger partial charge in [-0.25, -0.2) is 4.79 Å². The molecule has 0 spiro atoms. The van der Waals surface area contributed by atoms with E-state index in [2.05, 4.69) is 172 Å². The van der Waals surface area contributed by atoms with Crippen LogP contribution in [0.1, 0.15) is 253 Å². The second-order valence-corrected chi connectivity index (χ2v) is 45.0. The monoisotopic (exact) mass is 1930 g/mol. The Bertz CT molecular complexity index is 5400. The largest absolute Gasteiger partial charge is 0.462 e. The number of nitrogens with zero attached hydrogens (tertiary/aromatic N) is 7. The van der Waals surface area contributed by atoms with E-state index in [0.29, 0.717) is 113 Å². The van der Waals surface area contributed by atoms with E-state index in [-0.39, 0.29) is 88.2 Å². The van der Waals surface area contributed by atoms with Gasteiger partial charge in [0.15, 0.2) is 11.6 Å². The van der Waals surface area contributed by atoms with Crippen molar-refractivity contribution in [1.82, 2.24) is 55.0 Å². The van der Waals surface area contributed by atoms with Crippen molar-refractivity contribution in [1.29, 1.82) is 0 Å². The first-order chi connectivity index (χ1) is 68.0. The first kappa shape index (κ1) is 104. The van der Waals surface area contributed by atoms with Crippen LogP contribution in [0.25, 0.3) is 33.5 Å². The summed E-state index contributed by atoms with van der Waals surface area (Å²) in [5, 5.41) is 15.7. The van der Waals surface area contributed by atoms with E-state index < -0.39 is 5.97 Å². The van der Waals surface area contributed by atoms with E-state index >= 15 is 0 Å². The number of benzene rings is 2. The molecule has 7 saturated carbocycles. The fourth-order valence-electron chi connectivity index (χ4n) is 25.2. The zero-order chi connectivity index (χ0) is 99.0. The number of carbonyl (C=O) groups excluding carboxylic acids is 10. The van der Waals surface area contributed by atoms with Crippen molar-refractivity contribution in [2.45, 2.75) is 241 Å². The van der Waals surface area contributed by atoms with E-state index in [9.17, 15) is 47.9 Å². The molecule has 2 aromatic carbocycles. The number of esters is 1. The van der Waals surface area contributed by atoms with Gasteiger partial charge in [-0.2, -0.15) is 0 Å². The Hall–Kier alpha value is -10.2. The van der Waals surface area contributed by atoms with Crippen LogP contribution >= 0.6 is 0 Å². The van der Waals surface area contributed by atoms with Crippen molar-refractivity contribution in [3.05, 3.63) is 156 Å². The number of rotatable bonds is 27. The van der Waals surface area contributed by atoms with E-state index in [1.807, 2.05) is 67.3 Å². The minimum absolute atomic E-state index is 0.0229. The van der Waals surface area contributed by atoms with E-state index in [0.717, 1.165) is 208 Å². The summed E-state index contributed by atoms with van der Waals surface area (Å²) in [5.74, 6) is 5.88. The van der Waals surface area contributed by atoms with Crippen molar-refractivity contribution >= 4 is 81.4 Å². The summed E-state index contributed by atoms with van der Waals surface area (Å²) in [7, 11) is 0. The summed E-state index contributed by atoms with van der Waals surface area (Å²) in [5.41, 5.74) is 11.8. The molecule has 26 nitrogen and oxygen atoms in total. The number of H-pyrrole nitrogens is 3. The molecule has 12 fully saturated rings. The summed E-state index contributed by atoms with van der Waals surface area (Å²) in [6, 6.07) is 34.1. The lowest BCUT2D eigenvalue weighted by Crippen LogP contribution is -2.53. The molecule has 8 aliphatic heterocycles. The van der Waals surface area contributed by atoms with Crippen LogP contribution in [-0.2, 0) is 44.8 Å². The highest BCUT2D eigenvalue weighted by atomic mass is 16.5. The van der Waals surface area contributed by atoms with Crippen molar-refractivity contribution in [2.24, 2.45) is 75.9 Å². The molecule has 0 bridgehead atoms. The van der Waals surface area contributed by atoms with Crippen molar-refractivity contribution in [3.8, 4) is 33.5 Å². The molecule has 20 rings (SSSR count). The Kier molecular flexibility index (Phi) is 35.3. The van der Waals surface area contributed by atoms with Crippen LogP contribution in [-0.4, -0.2) is 246 Å². The third-order valence-electron chi connectivity index (χ3n) is 33.4. The molecule has 0 radical (unpaired) electrons. The maximum absolute atomic E-state index is 13.3. The highest BCUT2D eigenvalue weighted by molar-refractivity contribution is 6.14. The van der Waals surface area contributed by atoms with Gasteiger partial charge < -0.3 is 51.2 Å². The lowest BCUT2D eigenvalue weighted by Gasteiger charge is -2.38. The number of hydrogen-bond donors (Lipinski definition) is 8. The molecule has 10 aliphatic carbocycles. The van der Waals surface area contributed by atoms with Crippen molar-refractivity contribution in [3.63, 3.8) is 0 Å². The fraction of sp³-hybridized carbons (Fsp3) is 0.600. The Labute approximate surface area is 836 Å². The predicted molar refractivity (Wildman–Crippen MR) is 558 cm³/mol. The molecule has 8 N–H and O–H groups in total. The highest BCUT2D eigenvalue weighted by Gasteiger charge is 2.52. The Morgan fingerprint density at radius 3 is 1.53 bits per heavy atom. The summed E-state index contributed by atoms with van der Waals surface area (Å²) >= 11 is 0. The van der Waals surface area contributed by atoms with Crippen LogP contribution in [0, 0.1) is 75.9 Å². The van der Waals surface area contributed by atoms with Gasteiger partial charge in [-0.3, -0.25) is 72.6 Å². The lowest BCUT2D eigenvalue weighted by molar-refractivity contribution is -0.130. The topological polar surface area (TPSA) is 310 Å². The number of piperidine rings is 3. The summed E-state index contributed by atoms with van der Waals surface area (Å²) in [4.78, 5) is 152. The van der Waals surface area contributed by atoms with E-state index in [1.165, 1.54) is 108 Å². The molecule has 5 amide bonds. The third kappa shape index (κ3) is 27.3. The molecule has 9 unspecified atom stereocenters. The number of para-hydroxylation sites is 1. The number of nitrogens with one attached hydrogen (secondary N) is 8. The van der Waals surface area contributed by atoms with Gasteiger partial charge in [0.25, 0.3) is 0 Å². The molecule has 26 heteroatoms. The van der Waals surface area contributed by atoms with Crippen LogP contribution in [0.2, 0.25) is 0 Å². The summed E-state index contributed by atoms with van der Waals surface area (Å²) < 4.78 is 5.14. The van der Waals surface area contributed by atoms with Gasteiger partial charge >= 0.3 is 5.97 Å². The molecule has 2 aromatic rings. The number of amides is 5. The minimum Gasteiger partial charge on any atom is -0.462 e. The molecule has 18 aliphatic rings. The highest BCUT2D eigenvalue weighted by Crippen LogP contribution is 2.51. The maximum Gasteiger partial charge on any atom is 0.340 e. The number of likely N-dealkylation sites (tertiary alicyclic amines) is 3. The number of fused-ring (bicyclic) bond motifs is 5. The fourth-order valence-corrected chi connectivity index (χ4v) is 25.2. The number of aromatic amines is 3. The molecule has 8 heterocycles. The lowest BCUT2D eigenvalue weighted by atomic mass is 9.75. The van der Waals surface area contributed by atoms with Gasteiger partial charge in [-0.1, -0.05) is 147 Å². The number of piperazine rings is 2. The number of aromatic nitrogens is 3. The van der Waals surface area contributed by atoms with Crippen LogP contribution in [0.15, 0.2) is 134 Å². The molecule has 5 saturated heterocycles. The number of Topliss-reactive ketones (excluding diaryl/α,β-unsaturated/α-hetero) is 4. The van der Waals surface area contributed by atoms with Crippen molar-refractivity contribution in [2.75, 3.05) is 145 Å². The normalized spacial score (nSPS) is 24.1. The van der Waals surface area contributed by atoms with Crippen LogP contribution in [0.5, 0.6) is 0 Å². The Morgan fingerprint density at radius 2 is 0.972 bits per heavy atom. The molecule has 0 aromatic heterocycles. The summed E-state index contributed by atoms with van der Waals surface area (Å²) in [6.07, 6.45) is 37.9. The molecule has 141 heavy (non-hydrogen) atoms. The van der Waals surface area contributed by atoms with E-state index in [4.69, 9.17) is 4.74 Å². The average Bonchev–Trinajstić information content (AvgIpc) is 1.61.